The van der Waals surface area contributed by atoms with Crippen molar-refractivity contribution in [3.05, 3.63) is 82.4 Å². The van der Waals surface area contributed by atoms with Gasteiger partial charge in [0, 0.05) is 18.2 Å². The number of aromatic carboxylic acids is 1. The molecule has 12 heteroatoms. The molecular formula is C31H27F3N4O5. The number of piperidine rings is 1. The lowest BCUT2D eigenvalue weighted by molar-refractivity contribution is -0.0489. The van der Waals surface area contributed by atoms with E-state index in [-0.39, 0.29) is 34.9 Å². The maximum atomic E-state index is 14.7. The van der Waals surface area contributed by atoms with Crippen molar-refractivity contribution in [1.82, 2.24) is 14.5 Å². The van der Waals surface area contributed by atoms with Crippen LogP contribution in [0.4, 0.5) is 13.2 Å². The highest BCUT2D eigenvalue weighted by molar-refractivity contribution is 5.95. The van der Waals surface area contributed by atoms with Gasteiger partial charge in [0.15, 0.2) is 23.4 Å². The monoisotopic (exact) mass is 592 g/mol. The molecule has 3 aromatic carbocycles. The third-order valence-corrected chi connectivity index (χ3v) is 8.04. The number of carbonyl (C=O) groups is 1. The minimum Gasteiger partial charge on any atom is -0.485 e. The number of nitriles is 1. The van der Waals surface area contributed by atoms with Crippen molar-refractivity contribution >= 4 is 17.0 Å². The molecule has 4 aromatic rings. The molecule has 0 spiro atoms. The number of alkyl halides is 2. The SMILES string of the molecule is Cn1c(CN2CCC(c3cccc4c3O[C@@H](c3ccc(C#N)cc3F)CO4)CC2)nc2c(OC(F)F)cc(C(=O)O)cc21. The van der Waals surface area contributed by atoms with E-state index in [0.29, 0.717) is 48.0 Å². The zero-order chi connectivity index (χ0) is 30.2. The maximum absolute atomic E-state index is 14.7. The van der Waals surface area contributed by atoms with Crippen LogP contribution in [0, 0.1) is 17.1 Å². The van der Waals surface area contributed by atoms with E-state index in [1.54, 1.807) is 23.7 Å². The Morgan fingerprint density at radius 1 is 1.19 bits per heavy atom. The van der Waals surface area contributed by atoms with Gasteiger partial charge in [-0.05, 0) is 62.2 Å². The number of fused-ring (bicyclic) bond motifs is 2. The van der Waals surface area contributed by atoms with Crippen molar-refractivity contribution < 1.29 is 37.3 Å². The van der Waals surface area contributed by atoms with E-state index in [9.17, 15) is 23.1 Å². The van der Waals surface area contributed by atoms with Crippen LogP contribution < -0.4 is 14.2 Å². The van der Waals surface area contributed by atoms with E-state index in [0.717, 1.165) is 24.5 Å². The standard InChI is InChI=1S/C31H27F3N4O5/c1-37-23-12-19(30(39)40)13-25(43-31(33)34)28(23)36-27(37)15-38-9-7-18(8-10-38)20-3-2-4-24-29(20)42-26(16-41-24)21-6-5-17(14-35)11-22(21)32/h2-6,11-13,18,26,31H,7-10,15-16H2,1H3,(H,39,40)/t26-/m1/s1. The Morgan fingerprint density at radius 2 is 1.98 bits per heavy atom. The molecule has 2 aliphatic heterocycles. The molecule has 0 unspecified atom stereocenters. The Labute approximate surface area is 244 Å². The highest BCUT2D eigenvalue weighted by atomic mass is 19.3. The zero-order valence-electron chi connectivity index (χ0n) is 23.1. The van der Waals surface area contributed by atoms with Crippen LogP contribution in [0.15, 0.2) is 48.5 Å². The van der Waals surface area contributed by atoms with Crippen molar-refractivity contribution in [2.45, 2.75) is 38.0 Å². The number of nitrogens with zero attached hydrogens (tertiary/aromatic N) is 4. The molecule has 43 heavy (non-hydrogen) atoms. The summed E-state index contributed by atoms with van der Waals surface area (Å²) in [6, 6.07) is 14.4. The molecule has 222 valence electrons. The van der Waals surface area contributed by atoms with E-state index in [1.165, 1.54) is 12.1 Å². The molecule has 1 aromatic heterocycles. The fourth-order valence-corrected chi connectivity index (χ4v) is 5.80. The predicted molar refractivity (Wildman–Crippen MR) is 148 cm³/mol. The first-order chi connectivity index (χ1) is 20.7. The summed E-state index contributed by atoms with van der Waals surface area (Å²) in [6.07, 6.45) is 0.935. The number of hydrogen-bond donors (Lipinski definition) is 1. The van der Waals surface area contributed by atoms with Crippen molar-refractivity contribution in [3.8, 4) is 23.3 Å². The van der Waals surface area contributed by atoms with Crippen molar-refractivity contribution in [3.63, 3.8) is 0 Å². The van der Waals surface area contributed by atoms with Gasteiger partial charge in [-0.25, -0.2) is 14.2 Å². The van der Waals surface area contributed by atoms with Crippen LogP contribution in [0.1, 0.15) is 57.7 Å². The minimum absolute atomic E-state index is 0.147. The first-order valence-electron chi connectivity index (χ1n) is 13.7. The molecule has 6 rings (SSSR count). The Morgan fingerprint density at radius 3 is 2.67 bits per heavy atom. The van der Waals surface area contributed by atoms with Crippen molar-refractivity contribution in [2.75, 3.05) is 19.7 Å². The summed E-state index contributed by atoms with van der Waals surface area (Å²) in [5, 5.41) is 18.5. The molecule has 1 atom stereocenters. The largest absolute Gasteiger partial charge is 0.485 e. The number of para-hydroxylation sites is 1. The molecular weight excluding hydrogens is 565 g/mol. The second-order valence-corrected chi connectivity index (χ2v) is 10.6. The Kier molecular flexibility index (Phi) is 7.58. The predicted octanol–water partition coefficient (Wildman–Crippen LogP) is 5.78. The number of imidazole rings is 1. The number of ether oxygens (including phenoxy) is 3. The van der Waals surface area contributed by atoms with Crippen LogP contribution in [0.2, 0.25) is 0 Å². The number of aromatic nitrogens is 2. The Hall–Kier alpha value is -4.76. The summed E-state index contributed by atoms with van der Waals surface area (Å²) in [7, 11) is 1.72. The summed E-state index contributed by atoms with van der Waals surface area (Å²) >= 11 is 0. The zero-order valence-corrected chi connectivity index (χ0v) is 23.1. The quantitative estimate of drug-likeness (QED) is 0.288. The molecule has 9 nitrogen and oxygen atoms in total. The number of rotatable bonds is 7. The minimum atomic E-state index is -3.12. The maximum Gasteiger partial charge on any atom is 0.387 e. The molecule has 0 amide bonds. The fourth-order valence-electron chi connectivity index (χ4n) is 5.80. The molecule has 2 aliphatic rings. The average molecular weight is 593 g/mol. The van der Waals surface area contributed by atoms with Crippen LogP contribution in [0.25, 0.3) is 11.0 Å². The summed E-state index contributed by atoms with van der Waals surface area (Å²) in [5.74, 6) is -0.0990. The van der Waals surface area contributed by atoms with Gasteiger partial charge in [0.25, 0.3) is 0 Å². The molecule has 0 bridgehead atoms. The number of likely N-dealkylation sites (tertiary alicyclic amines) is 1. The fraction of sp³-hybridized carbons (Fsp3) is 0.323. The van der Waals surface area contributed by atoms with Gasteiger partial charge in [0.2, 0.25) is 0 Å². The van der Waals surface area contributed by atoms with Crippen LogP contribution in [0.5, 0.6) is 17.2 Å². The molecule has 0 radical (unpaired) electrons. The topological polar surface area (TPSA) is 110 Å². The first-order valence-corrected chi connectivity index (χ1v) is 13.7. The number of benzene rings is 3. The molecule has 0 saturated carbocycles. The number of halogens is 3. The lowest BCUT2D eigenvalue weighted by Crippen LogP contribution is -2.33. The van der Waals surface area contributed by atoms with Crippen molar-refractivity contribution in [2.24, 2.45) is 7.05 Å². The third kappa shape index (κ3) is 5.56. The van der Waals surface area contributed by atoms with E-state index in [1.807, 2.05) is 24.3 Å². The van der Waals surface area contributed by atoms with Crippen LogP contribution in [0.3, 0.4) is 0 Å². The second kappa shape index (κ2) is 11.5. The lowest BCUT2D eigenvalue weighted by atomic mass is 9.88. The van der Waals surface area contributed by atoms with E-state index < -0.39 is 24.5 Å². The van der Waals surface area contributed by atoms with Gasteiger partial charge in [-0.1, -0.05) is 18.2 Å². The van der Waals surface area contributed by atoms with Gasteiger partial charge < -0.3 is 23.9 Å². The number of hydrogen-bond acceptors (Lipinski definition) is 7. The summed E-state index contributed by atoms with van der Waals surface area (Å²) in [4.78, 5) is 18.3. The first kappa shape index (κ1) is 28.4. The molecule has 0 aliphatic carbocycles. The molecule has 1 saturated heterocycles. The Balaban J connectivity index is 1.18. The molecule has 1 N–H and O–H groups in total. The number of carboxylic acids is 1. The van der Waals surface area contributed by atoms with Crippen molar-refractivity contribution in [1.29, 1.82) is 5.26 Å². The van der Waals surface area contributed by atoms with Gasteiger partial charge in [-0.15, -0.1) is 0 Å². The summed E-state index contributed by atoms with van der Waals surface area (Å²) < 4.78 is 59.4. The Bertz CT molecular complexity index is 1740. The van der Waals surface area contributed by atoms with Gasteiger partial charge in [0.1, 0.15) is 23.8 Å². The van der Waals surface area contributed by atoms with Crippen LogP contribution in [-0.2, 0) is 13.6 Å². The van der Waals surface area contributed by atoms with E-state index in [4.69, 9.17) is 14.7 Å². The van der Waals surface area contributed by atoms with E-state index in [2.05, 4.69) is 14.6 Å². The normalized spacial score (nSPS) is 17.3. The molecule has 3 heterocycles. The second-order valence-electron chi connectivity index (χ2n) is 10.6. The lowest BCUT2D eigenvalue weighted by Gasteiger charge is -2.35. The highest BCUT2D eigenvalue weighted by Crippen LogP contribution is 2.45. The smallest absolute Gasteiger partial charge is 0.387 e. The highest BCUT2D eigenvalue weighted by Gasteiger charge is 2.31. The van der Waals surface area contributed by atoms with E-state index >= 15 is 0 Å². The third-order valence-electron chi connectivity index (χ3n) is 8.04. The van der Waals surface area contributed by atoms with Crippen LogP contribution >= 0.6 is 0 Å². The van der Waals surface area contributed by atoms with Gasteiger partial charge in [-0.3, -0.25) is 4.90 Å². The van der Waals surface area contributed by atoms with Gasteiger partial charge in [0.05, 0.1) is 29.3 Å². The van der Waals surface area contributed by atoms with Crippen LogP contribution in [-0.4, -0.2) is 51.8 Å². The molecule has 1 fully saturated rings. The summed E-state index contributed by atoms with van der Waals surface area (Å²) in [6.45, 7) is -1.11. The number of aryl methyl sites for hydroxylation is 1. The van der Waals surface area contributed by atoms with Gasteiger partial charge in [-0.2, -0.15) is 14.0 Å². The average Bonchev–Trinajstić information content (AvgIpc) is 3.31. The van der Waals surface area contributed by atoms with Gasteiger partial charge >= 0.3 is 12.6 Å². The summed E-state index contributed by atoms with van der Waals surface area (Å²) in [5.41, 5.74) is 1.94. The number of carboxylic acid groups (broad SMARTS) is 1.